The van der Waals surface area contributed by atoms with Crippen molar-refractivity contribution in [2.24, 2.45) is 7.05 Å². The molecule has 0 aliphatic rings. The van der Waals surface area contributed by atoms with Gasteiger partial charge in [-0.2, -0.15) is 10.2 Å². The molecule has 1 aromatic carbocycles. The maximum atomic E-state index is 14.4. The molecule has 0 aliphatic carbocycles. The quantitative estimate of drug-likeness (QED) is 0.461. The second-order valence-corrected chi connectivity index (χ2v) is 9.13. The van der Waals surface area contributed by atoms with Gasteiger partial charge in [0.15, 0.2) is 0 Å². The first-order valence-corrected chi connectivity index (χ1v) is 10.8. The number of halogens is 1. The lowest BCUT2D eigenvalue weighted by Crippen LogP contribution is -2.18. The fourth-order valence-electron chi connectivity index (χ4n) is 3.81. The number of nitrogens with zero attached hydrogens (tertiary/aromatic N) is 4. The third-order valence-corrected chi connectivity index (χ3v) is 6.27. The molecule has 1 atom stereocenters. The molecular formula is C23H26FN5S. The van der Waals surface area contributed by atoms with E-state index in [-0.39, 0.29) is 11.9 Å². The van der Waals surface area contributed by atoms with Crippen molar-refractivity contribution in [3.63, 3.8) is 0 Å². The van der Waals surface area contributed by atoms with Crippen LogP contribution in [0.1, 0.15) is 39.5 Å². The smallest absolute Gasteiger partial charge is 0.148 e. The Morgan fingerprint density at radius 1 is 1.13 bits per heavy atom. The van der Waals surface area contributed by atoms with Crippen molar-refractivity contribution < 1.29 is 4.39 Å². The second-order valence-electron chi connectivity index (χ2n) is 7.67. The van der Waals surface area contributed by atoms with Gasteiger partial charge in [-0.3, -0.25) is 4.68 Å². The van der Waals surface area contributed by atoms with Crippen molar-refractivity contribution in [3.8, 4) is 16.9 Å². The van der Waals surface area contributed by atoms with E-state index in [9.17, 15) is 4.39 Å². The summed E-state index contributed by atoms with van der Waals surface area (Å²) in [6, 6.07) is 9.01. The number of hydrogen-bond donors (Lipinski definition) is 1. The number of aryl methyl sites for hydroxylation is 4. The molecule has 3 heterocycles. The van der Waals surface area contributed by atoms with Gasteiger partial charge in [0.1, 0.15) is 11.5 Å². The average Bonchev–Trinajstić information content (AvgIpc) is 3.36. The molecule has 1 N–H and O–H groups in total. The highest BCUT2D eigenvalue weighted by Crippen LogP contribution is 2.33. The summed E-state index contributed by atoms with van der Waals surface area (Å²) < 4.78 is 17.9. The van der Waals surface area contributed by atoms with E-state index in [2.05, 4.69) is 37.3 Å². The van der Waals surface area contributed by atoms with Gasteiger partial charge >= 0.3 is 0 Å². The van der Waals surface area contributed by atoms with E-state index in [0.717, 1.165) is 22.5 Å². The molecule has 0 amide bonds. The van der Waals surface area contributed by atoms with Crippen LogP contribution < -0.4 is 5.32 Å². The summed E-state index contributed by atoms with van der Waals surface area (Å²) in [5.41, 5.74) is 5.67. The minimum absolute atomic E-state index is 0.133. The Morgan fingerprint density at radius 2 is 1.90 bits per heavy atom. The van der Waals surface area contributed by atoms with Gasteiger partial charge in [0.2, 0.25) is 0 Å². The zero-order valence-corrected chi connectivity index (χ0v) is 18.7. The maximum absolute atomic E-state index is 14.4. The Hall–Kier alpha value is -2.77. The van der Waals surface area contributed by atoms with Crippen LogP contribution in [0.2, 0.25) is 0 Å². The fourth-order valence-corrected chi connectivity index (χ4v) is 4.73. The van der Waals surface area contributed by atoms with Crippen molar-refractivity contribution in [1.82, 2.24) is 24.9 Å². The summed E-state index contributed by atoms with van der Waals surface area (Å²) in [5, 5.41) is 12.8. The van der Waals surface area contributed by atoms with Crippen LogP contribution in [0, 0.1) is 26.6 Å². The molecule has 156 valence electrons. The number of rotatable bonds is 6. The number of thiophene rings is 1. The topological polar surface area (TPSA) is 47.7 Å². The number of aromatic nitrogens is 4. The second kappa shape index (κ2) is 8.16. The first kappa shape index (κ1) is 20.5. The van der Waals surface area contributed by atoms with Gasteiger partial charge in [0, 0.05) is 58.5 Å². The largest absolute Gasteiger partial charge is 0.306 e. The molecule has 7 heteroatoms. The Bertz CT molecular complexity index is 1190. The van der Waals surface area contributed by atoms with Crippen LogP contribution in [0.4, 0.5) is 4.39 Å². The van der Waals surface area contributed by atoms with Gasteiger partial charge in [-0.15, -0.1) is 11.3 Å². The molecule has 0 saturated heterocycles. The number of hydrogen-bond acceptors (Lipinski definition) is 4. The predicted molar refractivity (Wildman–Crippen MR) is 120 cm³/mol. The summed E-state index contributed by atoms with van der Waals surface area (Å²) in [6.07, 6.45) is 3.97. The van der Waals surface area contributed by atoms with Crippen molar-refractivity contribution >= 4 is 11.3 Å². The van der Waals surface area contributed by atoms with Crippen molar-refractivity contribution in [2.75, 3.05) is 0 Å². The summed E-state index contributed by atoms with van der Waals surface area (Å²) >= 11 is 1.75. The van der Waals surface area contributed by atoms with Crippen molar-refractivity contribution in [2.45, 2.75) is 40.3 Å². The third kappa shape index (κ3) is 3.95. The number of benzene rings is 1. The van der Waals surface area contributed by atoms with Gasteiger partial charge in [0.25, 0.3) is 0 Å². The highest BCUT2D eigenvalue weighted by Gasteiger charge is 2.19. The van der Waals surface area contributed by atoms with Gasteiger partial charge in [0.05, 0.1) is 11.4 Å². The molecule has 3 aromatic heterocycles. The average molecular weight is 424 g/mol. The highest BCUT2D eigenvalue weighted by atomic mass is 32.1. The molecule has 30 heavy (non-hydrogen) atoms. The van der Waals surface area contributed by atoms with E-state index in [1.807, 2.05) is 37.1 Å². The first-order valence-electron chi connectivity index (χ1n) is 9.98. The zero-order chi connectivity index (χ0) is 21.4. The Labute approximate surface area is 180 Å². The van der Waals surface area contributed by atoms with E-state index in [1.165, 1.54) is 21.4 Å². The minimum Gasteiger partial charge on any atom is -0.306 e. The Kier molecular flexibility index (Phi) is 5.58. The van der Waals surface area contributed by atoms with Crippen LogP contribution in [0.5, 0.6) is 0 Å². The lowest BCUT2D eigenvalue weighted by molar-refractivity contribution is 0.572. The lowest BCUT2D eigenvalue weighted by Gasteiger charge is -2.13. The molecule has 0 radical (unpaired) electrons. The third-order valence-electron chi connectivity index (χ3n) is 5.30. The van der Waals surface area contributed by atoms with Crippen LogP contribution in [-0.2, 0) is 13.6 Å². The van der Waals surface area contributed by atoms with E-state index in [1.54, 1.807) is 28.2 Å². The summed E-state index contributed by atoms with van der Waals surface area (Å²) in [4.78, 5) is 2.45. The fraction of sp³-hybridized carbons (Fsp3) is 0.304. The molecule has 5 nitrogen and oxygen atoms in total. The van der Waals surface area contributed by atoms with Gasteiger partial charge in [-0.05, 0) is 45.9 Å². The molecule has 0 fully saturated rings. The van der Waals surface area contributed by atoms with E-state index < -0.39 is 0 Å². The molecule has 0 spiro atoms. The SMILES string of the molecule is Cc1cc(-c2nn(-c3ccccc3F)cc2CNC(C)c2cn(C)nc2C)c(C)s1. The van der Waals surface area contributed by atoms with E-state index in [0.29, 0.717) is 12.2 Å². The minimum atomic E-state index is -0.288. The molecule has 0 bridgehead atoms. The van der Waals surface area contributed by atoms with Gasteiger partial charge < -0.3 is 5.32 Å². The van der Waals surface area contributed by atoms with Crippen LogP contribution in [0.15, 0.2) is 42.7 Å². The molecule has 0 aliphatic heterocycles. The predicted octanol–water partition coefficient (Wildman–Crippen LogP) is 5.25. The van der Waals surface area contributed by atoms with Gasteiger partial charge in [-0.1, -0.05) is 12.1 Å². The summed E-state index contributed by atoms with van der Waals surface area (Å²) in [5.74, 6) is -0.288. The lowest BCUT2D eigenvalue weighted by atomic mass is 10.1. The zero-order valence-electron chi connectivity index (χ0n) is 17.9. The standard InChI is InChI=1S/C23H26FN5S/c1-14-10-19(17(4)30-14)23-18(11-25-15(2)20-13-28(5)26-16(20)3)12-29(27-23)22-9-7-6-8-21(22)24/h6-10,12-13,15,25H,11H2,1-5H3. The molecule has 4 rings (SSSR count). The monoisotopic (exact) mass is 423 g/mol. The number of para-hydroxylation sites is 1. The van der Waals surface area contributed by atoms with E-state index in [4.69, 9.17) is 5.10 Å². The normalized spacial score (nSPS) is 12.5. The highest BCUT2D eigenvalue weighted by molar-refractivity contribution is 7.12. The van der Waals surface area contributed by atoms with Crippen molar-refractivity contribution in [3.05, 3.63) is 75.1 Å². The van der Waals surface area contributed by atoms with Crippen molar-refractivity contribution in [1.29, 1.82) is 0 Å². The van der Waals surface area contributed by atoms with E-state index >= 15 is 0 Å². The molecule has 4 aromatic rings. The van der Waals surface area contributed by atoms with Crippen LogP contribution in [-0.4, -0.2) is 19.6 Å². The van der Waals surface area contributed by atoms with Crippen LogP contribution in [0.3, 0.4) is 0 Å². The first-order chi connectivity index (χ1) is 14.3. The molecule has 1 unspecified atom stereocenters. The Balaban J connectivity index is 1.69. The van der Waals surface area contributed by atoms with Gasteiger partial charge in [-0.25, -0.2) is 9.07 Å². The Morgan fingerprint density at radius 3 is 2.53 bits per heavy atom. The summed E-state index contributed by atoms with van der Waals surface area (Å²) in [7, 11) is 1.93. The number of nitrogens with one attached hydrogen (secondary N) is 1. The summed E-state index contributed by atoms with van der Waals surface area (Å²) in [6.45, 7) is 8.97. The maximum Gasteiger partial charge on any atom is 0.148 e. The van der Waals surface area contributed by atoms with Crippen LogP contribution in [0.25, 0.3) is 16.9 Å². The van der Waals surface area contributed by atoms with Crippen LogP contribution >= 0.6 is 11.3 Å². The molecule has 0 saturated carbocycles. The molecular weight excluding hydrogens is 397 g/mol.